The molecule has 2 unspecified atom stereocenters. The van der Waals surface area contributed by atoms with E-state index in [1.165, 1.54) is 0 Å². The Morgan fingerprint density at radius 1 is 0.675 bits per heavy atom. The van der Waals surface area contributed by atoms with E-state index in [1.54, 1.807) is 14.2 Å². The van der Waals surface area contributed by atoms with E-state index in [4.69, 9.17) is 14.5 Å². The van der Waals surface area contributed by atoms with Gasteiger partial charge < -0.3 is 14.4 Å². The summed E-state index contributed by atoms with van der Waals surface area (Å²) in [6, 6.07) is 33.6. The largest absolute Gasteiger partial charge is 0.378 e. The van der Waals surface area contributed by atoms with Gasteiger partial charge >= 0.3 is 0 Å². The quantitative estimate of drug-likeness (QED) is 0.224. The van der Waals surface area contributed by atoms with E-state index < -0.39 is 0 Å². The molecule has 0 aliphatic heterocycles. The molecule has 40 heavy (non-hydrogen) atoms. The van der Waals surface area contributed by atoms with Crippen molar-refractivity contribution >= 4 is 27.5 Å². The van der Waals surface area contributed by atoms with Gasteiger partial charge in [-0.2, -0.15) is 5.10 Å². The Labute approximate surface area is 234 Å². The first-order valence-corrected chi connectivity index (χ1v) is 13.3. The lowest BCUT2D eigenvalue weighted by Crippen LogP contribution is -2.13. The summed E-state index contributed by atoms with van der Waals surface area (Å²) in [4.78, 5) is 7.15. The lowest BCUT2D eigenvalue weighted by Gasteiger charge is -2.26. The molecule has 0 fully saturated rings. The third kappa shape index (κ3) is 4.62. The fraction of sp³-hybridized carbons (Fsp3) is 0.176. The van der Waals surface area contributed by atoms with Gasteiger partial charge in [-0.15, -0.1) is 0 Å². The fourth-order valence-corrected chi connectivity index (χ4v) is 5.52. The molecular formula is C34H32N4O2. The maximum absolute atomic E-state index is 6.20. The standard InChI is InChI=1S/C34H32N4O2/c1-38(2)25-17-15-22(16-18-25)31-27-20-29(33(40-4)24-13-9-6-10-14-24)28(32(39-3)23-11-7-5-8-12-23)19-26(27)30-21-35-37-34(30)36-31/h5-21,32-33H,1-4H3,(H,35,36,37). The van der Waals surface area contributed by atoms with Gasteiger partial charge in [-0.25, -0.2) is 4.98 Å². The van der Waals surface area contributed by atoms with E-state index in [2.05, 4.69) is 75.8 Å². The van der Waals surface area contributed by atoms with E-state index >= 15 is 0 Å². The monoisotopic (exact) mass is 528 g/mol. The molecule has 0 spiro atoms. The number of hydrogen-bond donors (Lipinski definition) is 1. The van der Waals surface area contributed by atoms with Gasteiger partial charge in [-0.1, -0.05) is 72.8 Å². The first-order chi connectivity index (χ1) is 19.6. The number of fused-ring (bicyclic) bond motifs is 3. The first kappa shape index (κ1) is 25.7. The third-order valence-corrected chi connectivity index (χ3v) is 7.51. The predicted octanol–water partition coefficient (Wildman–Crippen LogP) is 7.32. The SMILES string of the molecule is COC(c1ccccc1)c1cc2c(-c3ccc(N(C)C)cc3)nc3[nH]ncc3c2cc1C(OC)c1ccccc1. The Balaban J connectivity index is 1.67. The second kappa shape index (κ2) is 10.9. The molecule has 0 saturated carbocycles. The average molecular weight is 529 g/mol. The zero-order valence-corrected chi connectivity index (χ0v) is 23.1. The number of aromatic amines is 1. The number of nitrogens with zero attached hydrogens (tertiary/aromatic N) is 3. The molecule has 0 bridgehead atoms. The Bertz CT molecular complexity index is 1750. The van der Waals surface area contributed by atoms with E-state index in [9.17, 15) is 0 Å². The Morgan fingerprint density at radius 2 is 1.23 bits per heavy atom. The maximum Gasteiger partial charge on any atom is 0.156 e. The Kier molecular flexibility index (Phi) is 7.03. The smallest absolute Gasteiger partial charge is 0.156 e. The second-order valence-electron chi connectivity index (χ2n) is 10.1. The van der Waals surface area contributed by atoms with Gasteiger partial charge in [0, 0.05) is 50.3 Å². The number of rotatable bonds is 8. The predicted molar refractivity (Wildman–Crippen MR) is 162 cm³/mol. The lowest BCUT2D eigenvalue weighted by molar-refractivity contribution is 0.118. The number of benzene rings is 4. The van der Waals surface area contributed by atoms with Gasteiger partial charge in [0.2, 0.25) is 0 Å². The van der Waals surface area contributed by atoms with Crippen LogP contribution in [0.5, 0.6) is 0 Å². The van der Waals surface area contributed by atoms with Crippen molar-refractivity contribution in [1.82, 2.24) is 15.2 Å². The second-order valence-corrected chi connectivity index (χ2v) is 10.1. The molecule has 6 aromatic rings. The third-order valence-electron chi connectivity index (χ3n) is 7.51. The summed E-state index contributed by atoms with van der Waals surface area (Å²) in [7, 11) is 7.60. The molecule has 0 amide bonds. The molecule has 0 saturated heterocycles. The van der Waals surface area contributed by atoms with Gasteiger partial charge in [-0.3, -0.25) is 5.10 Å². The summed E-state index contributed by atoms with van der Waals surface area (Å²) < 4.78 is 12.4. The zero-order valence-electron chi connectivity index (χ0n) is 23.1. The van der Waals surface area contributed by atoms with Crippen molar-refractivity contribution in [1.29, 1.82) is 0 Å². The number of ether oxygens (including phenoxy) is 2. The molecular weight excluding hydrogens is 496 g/mol. The molecule has 1 N–H and O–H groups in total. The van der Waals surface area contributed by atoms with Crippen LogP contribution in [0.4, 0.5) is 5.69 Å². The van der Waals surface area contributed by atoms with Crippen LogP contribution in [0, 0.1) is 0 Å². The molecule has 0 aliphatic rings. The molecule has 200 valence electrons. The van der Waals surface area contributed by atoms with Gasteiger partial charge in [0.05, 0.1) is 11.9 Å². The summed E-state index contributed by atoms with van der Waals surface area (Å²) in [5, 5.41) is 10.5. The maximum atomic E-state index is 6.20. The van der Waals surface area contributed by atoms with E-state index in [-0.39, 0.29) is 12.2 Å². The van der Waals surface area contributed by atoms with Crippen molar-refractivity contribution in [2.45, 2.75) is 12.2 Å². The highest BCUT2D eigenvalue weighted by molar-refractivity contribution is 6.10. The number of hydrogen-bond acceptors (Lipinski definition) is 5. The van der Waals surface area contributed by atoms with Crippen molar-refractivity contribution < 1.29 is 9.47 Å². The van der Waals surface area contributed by atoms with Gasteiger partial charge in [0.1, 0.15) is 12.2 Å². The summed E-state index contributed by atoms with van der Waals surface area (Å²) in [5.74, 6) is 0. The van der Waals surface area contributed by atoms with Crippen LogP contribution in [0.1, 0.15) is 34.5 Å². The molecule has 0 radical (unpaired) electrons. The number of nitrogens with one attached hydrogen (secondary N) is 1. The number of aromatic nitrogens is 3. The highest BCUT2D eigenvalue weighted by Crippen LogP contribution is 2.41. The molecule has 0 aliphatic carbocycles. The van der Waals surface area contributed by atoms with Crippen molar-refractivity contribution in [2.24, 2.45) is 0 Å². The summed E-state index contributed by atoms with van der Waals surface area (Å²) in [6.07, 6.45) is 1.26. The van der Waals surface area contributed by atoms with Crippen LogP contribution in [0.25, 0.3) is 33.1 Å². The number of anilines is 1. The Hall–Kier alpha value is -4.52. The lowest BCUT2D eigenvalue weighted by atomic mass is 9.87. The van der Waals surface area contributed by atoms with E-state index in [0.29, 0.717) is 0 Å². The van der Waals surface area contributed by atoms with Gasteiger partial charge in [0.25, 0.3) is 0 Å². The highest BCUT2D eigenvalue weighted by atomic mass is 16.5. The molecule has 6 nitrogen and oxygen atoms in total. The topological polar surface area (TPSA) is 63.3 Å². The van der Waals surface area contributed by atoms with Gasteiger partial charge in [-0.05, 0) is 51.9 Å². The average Bonchev–Trinajstić information content (AvgIpc) is 3.48. The normalized spacial score (nSPS) is 13.0. The molecule has 4 aromatic carbocycles. The fourth-order valence-electron chi connectivity index (χ4n) is 5.52. The number of H-pyrrole nitrogens is 1. The van der Waals surface area contributed by atoms with E-state index in [1.807, 2.05) is 56.7 Å². The first-order valence-electron chi connectivity index (χ1n) is 13.3. The number of methoxy groups -OCH3 is 2. The van der Waals surface area contributed by atoms with Gasteiger partial charge in [0.15, 0.2) is 5.65 Å². The van der Waals surface area contributed by atoms with Crippen molar-refractivity contribution in [3.63, 3.8) is 0 Å². The summed E-state index contributed by atoms with van der Waals surface area (Å²) in [6.45, 7) is 0. The van der Waals surface area contributed by atoms with Crippen LogP contribution in [0.15, 0.2) is 103 Å². The number of pyridine rings is 1. The van der Waals surface area contributed by atoms with Crippen LogP contribution in [0.3, 0.4) is 0 Å². The van der Waals surface area contributed by atoms with Crippen molar-refractivity contribution in [3.05, 3.63) is 126 Å². The van der Waals surface area contributed by atoms with Crippen LogP contribution in [-0.2, 0) is 9.47 Å². The van der Waals surface area contributed by atoms with Crippen molar-refractivity contribution in [2.75, 3.05) is 33.2 Å². The minimum Gasteiger partial charge on any atom is -0.378 e. The summed E-state index contributed by atoms with van der Waals surface area (Å²) in [5.41, 5.74) is 8.03. The van der Waals surface area contributed by atoms with Crippen LogP contribution in [0.2, 0.25) is 0 Å². The van der Waals surface area contributed by atoms with Crippen LogP contribution in [-0.4, -0.2) is 43.5 Å². The summed E-state index contributed by atoms with van der Waals surface area (Å²) >= 11 is 0. The minimum absolute atomic E-state index is 0.292. The Morgan fingerprint density at radius 3 is 1.75 bits per heavy atom. The van der Waals surface area contributed by atoms with E-state index in [0.717, 1.165) is 61.0 Å². The molecule has 2 heterocycles. The van der Waals surface area contributed by atoms with Crippen molar-refractivity contribution in [3.8, 4) is 11.3 Å². The zero-order chi connectivity index (χ0) is 27.6. The molecule has 2 atom stereocenters. The minimum atomic E-state index is -0.300. The molecule has 2 aromatic heterocycles. The molecule has 6 rings (SSSR count). The highest BCUT2D eigenvalue weighted by Gasteiger charge is 2.26. The van der Waals surface area contributed by atoms with Crippen LogP contribution < -0.4 is 4.90 Å². The molecule has 6 heteroatoms. The van der Waals surface area contributed by atoms with Crippen LogP contribution >= 0.6 is 0 Å².